The first kappa shape index (κ1) is 9.84. The lowest BCUT2D eigenvalue weighted by molar-refractivity contribution is 0.475. The first-order valence-corrected chi connectivity index (χ1v) is 5.27. The van der Waals surface area contributed by atoms with Crippen molar-refractivity contribution in [3.8, 4) is 17.0 Å². The van der Waals surface area contributed by atoms with Gasteiger partial charge < -0.3 is 5.11 Å². The van der Waals surface area contributed by atoms with E-state index in [0.717, 1.165) is 28.0 Å². The van der Waals surface area contributed by atoms with Crippen LogP contribution in [0.5, 0.6) is 5.75 Å². The molecule has 17 heavy (non-hydrogen) atoms. The van der Waals surface area contributed by atoms with E-state index in [9.17, 15) is 5.11 Å². The van der Waals surface area contributed by atoms with Crippen molar-refractivity contribution in [2.24, 2.45) is 0 Å². The molecule has 0 unspecified atom stereocenters. The molecular weight excluding hydrogens is 214 g/mol. The number of aromatic hydroxyl groups is 1. The van der Waals surface area contributed by atoms with E-state index in [1.165, 1.54) is 0 Å². The molecule has 0 spiro atoms. The number of nitrogens with zero attached hydrogens (tertiary/aromatic N) is 2. The van der Waals surface area contributed by atoms with E-state index in [1.54, 1.807) is 12.1 Å². The van der Waals surface area contributed by atoms with Crippen molar-refractivity contribution >= 4 is 11.0 Å². The van der Waals surface area contributed by atoms with Gasteiger partial charge in [-0.2, -0.15) is 5.10 Å². The van der Waals surface area contributed by atoms with Crippen molar-refractivity contribution in [3.05, 3.63) is 42.1 Å². The lowest BCUT2D eigenvalue weighted by Crippen LogP contribution is -1.84. The van der Waals surface area contributed by atoms with E-state index in [2.05, 4.69) is 21.2 Å². The van der Waals surface area contributed by atoms with E-state index in [-0.39, 0.29) is 5.75 Å². The maximum atomic E-state index is 9.23. The van der Waals surface area contributed by atoms with Gasteiger partial charge in [-0.3, -0.25) is 5.10 Å². The maximum absolute atomic E-state index is 9.23. The van der Waals surface area contributed by atoms with Gasteiger partial charge in [0.05, 0.1) is 11.4 Å². The standard InChI is InChI=1S/C13H10N3O/c1-8-11-6-7-12(14-13(11)16-15-8)9-2-4-10(17)5-3-9/h2-5,7,17H,1H3,(H,14,15,16). The summed E-state index contributed by atoms with van der Waals surface area (Å²) in [6.07, 6.45) is 0. The molecule has 3 aromatic rings. The molecule has 1 radical (unpaired) electrons. The minimum absolute atomic E-state index is 0.246. The Morgan fingerprint density at radius 3 is 2.76 bits per heavy atom. The third-order valence-electron chi connectivity index (χ3n) is 2.68. The zero-order valence-electron chi connectivity index (χ0n) is 9.23. The largest absolute Gasteiger partial charge is 0.508 e. The fraction of sp³-hybridized carbons (Fsp3) is 0.0769. The molecule has 0 amide bonds. The molecule has 1 aromatic carbocycles. The molecule has 83 valence electrons. The second-order valence-corrected chi connectivity index (χ2v) is 3.87. The highest BCUT2D eigenvalue weighted by Gasteiger charge is 2.05. The van der Waals surface area contributed by atoms with Gasteiger partial charge in [0.1, 0.15) is 5.75 Å². The Hall–Kier alpha value is -2.36. The Morgan fingerprint density at radius 2 is 2.00 bits per heavy atom. The third-order valence-corrected chi connectivity index (χ3v) is 2.68. The number of phenolic OH excluding ortho intramolecular Hbond substituents is 1. The number of pyridine rings is 1. The van der Waals surface area contributed by atoms with Crippen molar-refractivity contribution in [2.45, 2.75) is 6.92 Å². The highest BCUT2D eigenvalue weighted by Crippen LogP contribution is 2.22. The van der Waals surface area contributed by atoms with E-state index >= 15 is 0 Å². The number of aromatic amines is 1. The van der Waals surface area contributed by atoms with Gasteiger partial charge in [-0.25, -0.2) is 4.98 Å². The molecule has 0 aliphatic rings. The summed E-state index contributed by atoms with van der Waals surface area (Å²) in [6, 6.07) is 11.9. The summed E-state index contributed by atoms with van der Waals surface area (Å²) in [5.41, 5.74) is 3.37. The van der Waals surface area contributed by atoms with Crippen LogP contribution in [0.3, 0.4) is 0 Å². The fourth-order valence-corrected chi connectivity index (χ4v) is 1.75. The van der Waals surface area contributed by atoms with Crippen LogP contribution in [0, 0.1) is 13.0 Å². The van der Waals surface area contributed by atoms with Crippen molar-refractivity contribution in [3.63, 3.8) is 0 Å². The van der Waals surface area contributed by atoms with Crippen LogP contribution in [0.2, 0.25) is 0 Å². The van der Waals surface area contributed by atoms with Gasteiger partial charge in [-0.05, 0) is 43.3 Å². The van der Waals surface area contributed by atoms with Crippen LogP contribution in [0.25, 0.3) is 22.3 Å². The Kier molecular flexibility index (Phi) is 2.08. The molecular formula is C13H10N3O. The summed E-state index contributed by atoms with van der Waals surface area (Å²) in [5, 5.41) is 17.1. The van der Waals surface area contributed by atoms with E-state index in [0.29, 0.717) is 0 Å². The molecule has 0 atom stereocenters. The number of hydrogen-bond donors (Lipinski definition) is 2. The van der Waals surface area contributed by atoms with Crippen molar-refractivity contribution in [2.75, 3.05) is 0 Å². The zero-order valence-corrected chi connectivity index (χ0v) is 9.23. The Bertz CT molecular complexity index is 671. The van der Waals surface area contributed by atoms with Crippen LogP contribution in [0.4, 0.5) is 0 Å². The predicted octanol–water partition coefficient (Wildman–Crippen LogP) is 2.44. The molecule has 0 fully saturated rings. The van der Waals surface area contributed by atoms with Crippen LogP contribution in [0.1, 0.15) is 5.69 Å². The third kappa shape index (κ3) is 1.63. The van der Waals surface area contributed by atoms with Crippen LogP contribution in [-0.2, 0) is 0 Å². The number of phenols is 1. The minimum atomic E-state index is 0.246. The molecule has 3 rings (SSSR count). The first-order valence-electron chi connectivity index (χ1n) is 5.27. The normalized spacial score (nSPS) is 10.9. The van der Waals surface area contributed by atoms with Gasteiger partial charge in [-0.1, -0.05) is 0 Å². The molecule has 2 heterocycles. The van der Waals surface area contributed by atoms with Crippen LogP contribution < -0.4 is 0 Å². The minimum Gasteiger partial charge on any atom is -0.508 e. The number of H-pyrrole nitrogens is 1. The summed E-state index contributed by atoms with van der Waals surface area (Å²) >= 11 is 0. The number of benzene rings is 1. The SMILES string of the molecule is Cc1n[nH]c2nc(-c3ccc(O)cc3)c[c]c12. The fourth-order valence-electron chi connectivity index (χ4n) is 1.75. The lowest BCUT2D eigenvalue weighted by atomic mass is 10.1. The molecule has 2 aromatic heterocycles. The summed E-state index contributed by atoms with van der Waals surface area (Å²) in [4.78, 5) is 4.47. The Labute approximate surface area is 97.9 Å². The molecule has 0 aliphatic heterocycles. The second kappa shape index (κ2) is 3.59. The maximum Gasteiger partial charge on any atom is 0.156 e. The molecule has 4 heteroatoms. The number of nitrogens with one attached hydrogen (secondary N) is 1. The van der Waals surface area contributed by atoms with Gasteiger partial charge in [-0.15, -0.1) is 0 Å². The molecule has 0 aliphatic carbocycles. The zero-order chi connectivity index (χ0) is 11.8. The Morgan fingerprint density at radius 1 is 1.24 bits per heavy atom. The van der Waals surface area contributed by atoms with Crippen molar-refractivity contribution < 1.29 is 5.11 Å². The molecule has 2 N–H and O–H groups in total. The summed E-state index contributed by atoms with van der Waals surface area (Å²) in [5.74, 6) is 0.246. The van der Waals surface area contributed by atoms with Gasteiger partial charge in [0, 0.05) is 10.9 Å². The van der Waals surface area contributed by atoms with Gasteiger partial charge >= 0.3 is 0 Å². The molecule has 4 nitrogen and oxygen atoms in total. The number of hydrogen-bond acceptors (Lipinski definition) is 3. The first-order chi connectivity index (χ1) is 8.24. The number of fused-ring (bicyclic) bond motifs is 1. The van der Waals surface area contributed by atoms with Crippen LogP contribution in [0.15, 0.2) is 30.3 Å². The summed E-state index contributed by atoms with van der Waals surface area (Å²) < 4.78 is 0. The average molecular weight is 224 g/mol. The predicted molar refractivity (Wildman–Crippen MR) is 64.6 cm³/mol. The highest BCUT2D eigenvalue weighted by molar-refractivity contribution is 5.79. The van der Waals surface area contributed by atoms with E-state index in [4.69, 9.17) is 0 Å². The van der Waals surface area contributed by atoms with Crippen LogP contribution in [-0.4, -0.2) is 20.3 Å². The van der Waals surface area contributed by atoms with Crippen molar-refractivity contribution in [1.82, 2.24) is 15.2 Å². The quantitative estimate of drug-likeness (QED) is 0.667. The summed E-state index contributed by atoms with van der Waals surface area (Å²) in [7, 11) is 0. The smallest absolute Gasteiger partial charge is 0.156 e. The van der Waals surface area contributed by atoms with Gasteiger partial charge in [0.15, 0.2) is 5.65 Å². The number of aromatic nitrogens is 3. The second-order valence-electron chi connectivity index (χ2n) is 3.87. The molecule has 0 saturated carbocycles. The topological polar surface area (TPSA) is 61.8 Å². The van der Waals surface area contributed by atoms with E-state index in [1.807, 2.05) is 25.1 Å². The monoisotopic (exact) mass is 224 g/mol. The molecule has 0 bridgehead atoms. The molecule has 0 saturated heterocycles. The summed E-state index contributed by atoms with van der Waals surface area (Å²) in [6.45, 7) is 1.91. The number of aryl methyl sites for hydroxylation is 1. The number of rotatable bonds is 1. The van der Waals surface area contributed by atoms with E-state index < -0.39 is 0 Å². The van der Waals surface area contributed by atoms with Crippen LogP contribution >= 0.6 is 0 Å². The highest BCUT2D eigenvalue weighted by atomic mass is 16.3. The van der Waals surface area contributed by atoms with Crippen molar-refractivity contribution in [1.29, 1.82) is 0 Å². The van der Waals surface area contributed by atoms with Gasteiger partial charge in [0.25, 0.3) is 0 Å². The lowest BCUT2D eigenvalue weighted by Gasteiger charge is -2.00. The Balaban J connectivity index is 2.14. The average Bonchev–Trinajstić information content (AvgIpc) is 2.72. The van der Waals surface area contributed by atoms with Gasteiger partial charge in [0.2, 0.25) is 0 Å².